The SMILES string of the molecule is CCOC=O.c1ccc(CN(c2ccc3[nH]ccc3c2)C2CCNCC2)cc1. The Balaban J connectivity index is 0.000000403. The summed E-state index contributed by atoms with van der Waals surface area (Å²) in [5, 5.41) is 4.77. The van der Waals surface area contributed by atoms with E-state index < -0.39 is 0 Å². The van der Waals surface area contributed by atoms with Gasteiger partial charge in [-0.3, -0.25) is 4.79 Å². The summed E-state index contributed by atoms with van der Waals surface area (Å²) in [6.07, 6.45) is 4.43. The zero-order chi connectivity index (χ0) is 19.6. The predicted molar refractivity (Wildman–Crippen MR) is 115 cm³/mol. The Hall–Kier alpha value is -2.79. The van der Waals surface area contributed by atoms with Crippen LogP contribution in [0.5, 0.6) is 0 Å². The van der Waals surface area contributed by atoms with Gasteiger partial charge >= 0.3 is 0 Å². The summed E-state index contributed by atoms with van der Waals surface area (Å²) in [6.45, 7) is 5.87. The molecule has 1 saturated heterocycles. The molecular formula is C23H29N3O2. The fraction of sp³-hybridized carbons (Fsp3) is 0.348. The minimum Gasteiger partial charge on any atom is -0.468 e. The molecule has 2 aromatic carbocycles. The van der Waals surface area contributed by atoms with Crippen LogP contribution >= 0.6 is 0 Å². The maximum atomic E-state index is 9.18. The van der Waals surface area contributed by atoms with E-state index in [-0.39, 0.29) is 0 Å². The summed E-state index contributed by atoms with van der Waals surface area (Å²) in [6, 6.07) is 20.3. The number of carbonyl (C=O) groups is 1. The molecule has 0 amide bonds. The van der Waals surface area contributed by atoms with E-state index in [1.54, 1.807) is 6.92 Å². The number of hydrogen-bond donors (Lipinski definition) is 2. The smallest absolute Gasteiger partial charge is 0.293 e. The van der Waals surface area contributed by atoms with Crippen molar-refractivity contribution in [2.24, 2.45) is 0 Å². The summed E-state index contributed by atoms with van der Waals surface area (Å²) < 4.78 is 4.15. The summed E-state index contributed by atoms with van der Waals surface area (Å²) >= 11 is 0. The van der Waals surface area contributed by atoms with E-state index in [1.807, 2.05) is 6.20 Å². The number of anilines is 1. The Morgan fingerprint density at radius 1 is 1.11 bits per heavy atom. The molecule has 5 nitrogen and oxygen atoms in total. The maximum Gasteiger partial charge on any atom is 0.293 e. The molecule has 0 radical (unpaired) electrons. The fourth-order valence-corrected chi connectivity index (χ4v) is 3.62. The molecule has 2 heterocycles. The van der Waals surface area contributed by atoms with Crippen LogP contribution in [0.1, 0.15) is 25.3 Å². The van der Waals surface area contributed by atoms with Crippen molar-refractivity contribution in [3.63, 3.8) is 0 Å². The number of nitrogens with one attached hydrogen (secondary N) is 2. The van der Waals surface area contributed by atoms with Crippen molar-refractivity contribution >= 4 is 23.1 Å². The number of ether oxygens (including phenoxy) is 1. The minimum atomic E-state index is 0.431. The Bertz CT molecular complexity index is 841. The molecule has 2 N–H and O–H groups in total. The van der Waals surface area contributed by atoms with Crippen molar-refractivity contribution < 1.29 is 9.53 Å². The van der Waals surface area contributed by atoms with Gasteiger partial charge in [0, 0.05) is 35.4 Å². The number of carbonyl (C=O) groups excluding carboxylic acids is 1. The highest BCUT2D eigenvalue weighted by atomic mass is 16.5. The second-order valence-corrected chi connectivity index (χ2v) is 6.90. The number of fused-ring (bicyclic) bond motifs is 1. The largest absolute Gasteiger partial charge is 0.468 e. The number of aromatic amines is 1. The molecule has 1 aliphatic heterocycles. The maximum absolute atomic E-state index is 9.18. The van der Waals surface area contributed by atoms with E-state index in [9.17, 15) is 4.79 Å². The molecule has 1 fully saturated rings. The van der Waals surface area contributed by atoms with Crippen molar-refractivity contribution in [1.82, 2.24) is 10.3 Å². The van der Waals surface area contributed by atoms with E-state index in [2.05, 4.69) is 74.5 Å². The monoisotopic (exact) mass is 379 g/mol. The highest BCUT2D eigenvalue weighted by molar-refractivity contribution is 5.83. The van der Waals surface area contributed by atoms with Crippen molar-refractivity contribution in [3.05, 3.63) is 66.4 Å². The second kappa shape index (κ2) is 10.5. The van der Waals surface area contributed by atoms with Gasteiger partial charge in [0.1, 0.15) is 0 Å². The second-order valence-electron chi connectivity index (χ2n) is 6.90. The van der Waals surface area contributed by atoms with Gasteiger partial charge < -0.3 is 19.9 Å². The third-order valence-corrected chi connectivity index (χ3v) is 5.05. The van der Waals surface area contributed by atoms with Gasteiger partial charge in [-0.2, -0.15) is 0 Å². The third-order valence-electron chi connectivity index (χ3n) is 5.05. The van der Waals surface area contributed by atoms with Gasteiger partial charge in [0.2, 0.25) is 0 Å². The molecule has 1 aliphatic rings. The molecule has 0 bridgehead atoms. The zero-order valence-corrected chi connectivity index (χ0v) is 16.4. The lowest BCUT2D eigenvalue weighted by Gasteiger charge is -2.36. The van der Waals surface area contributed by atoms with Crippen LogP contribution in [0.2, 0.25) is 0 Å². The predicted octanol–water partition coefficient (Wildman–Crippen LogP) is 4.11. The van der Waals surface area contributed by atoms with Crippen LogP contribution in [0.4, 0.5) is 5.69 Å². The molecule has 0 spiro atoms. The molecule has 4 rings (SSSR count). The Morgan fingerprint density at radius 2 is 1.89 bits per heavy atom. The lowest BCUT2D eigenvalue weighted by atomic mass is 10.0. The zero-order valence-electron chi connectivity index (χ0n) is 16.4. The number of aromatic nitrogens is 1. The summed E-state index contributed by atoms with van der Waals surface area (Å²) in [7, 11) is 0. The molecular weight excluding hydrogens is 350 g/mol. The van der Waals surface area contributed by atoms with E-state index in [4.69, 9.17) is 0 Å². The van der Waals surface area contributed by atoms with Gasteiger partial charge in [0.25, 0.3) is 6.47 Å². The molecule has 3 aromatic rings. The molecule has 148 valence electrons. The average Bonchev–Trinajstić information content (AvgIpc) is 3.22. The standard InChI is InChI=1S/C20H23N3.C3H6O2/c1-2-4-16(5-3-1)15-23(18-9-11-21-12-10-18)19-6-7-20-17(14-19)8-13-22-20;1-2-5-3-4/h1-8,13-14,18,21-22H,9-12,15H2;3H,2H2,1H3. The molecule has 5 heteroatoms. The number of rotatable bonds is 6. The number of benzene rings is 2. The highest BCUT2D eigenvalue weighted by Crippen LogP contribution is 2.27. The number of H-pyrrole nitrogens is 1. The van der Waals surface area contributed by atoms with Crippen molar-refractivity contribution in [2.75, 3.05) is 24.6 Å². The number of piperidine rings is 1. The first-order valence-electron chi connectivity index (χ1n) is 9.95. The fourth-order valence-electron chi connectivity index (χ4n) is 3.62. The van der Waals surface area contributed by atoms with Crippen molar-refractivity contribution in [3.8, 4) is 0 Å². The van der Waals surface area contributed by atoms with Gasteiger partial charge in [-0.05, 0) is 62.7 Å². The van der Waals surface area contributed by atoms with Crippen LogP contribution in [0, 0.1) is 0 Å². The quantitative estimate of drug-likeness (QED) is 0.633. The topological polar surface area (TPSA) is 57.4 Å². The minimum absolute atomic E-state index is 0.431. The lowest BCUT2D eigenvalue weighted by Crippen LogP contribution is -2.43. The Kier molecular flexibility index (Phi) is 7.50. The van der Waals surface area contributed by atoms with Crippen LogP contribution in [0.25, 0.3) is 10.9 Å². The lowest BCUT2D eigenvalue weighted by molar-refractivity contribution is -0.128. The van der Waals surface area contributed by atoms with Gasteiger partial charge in [-0.15, -0.1) is 0 Å². The summed E-state index contributed by atoms with van der Waals surface area (Å²) in [5.74, 6) is 0. The van der Waals surface area contributed by atoms with Crippen molar-refractivity contribution in [1.29, 1.82) is 0 Å². The van der Waals surface area contributed by atoms with Gasteiger partial charge in [0.15, 0.2) is 0 Å². The normalized spacial score (nSPS) is 14.2. The van der Waals surface area contributed by atoms with Crippen LogP contribution in [0.15, 0.2) is 60.8 Å². The molecule has 0 unspecified atom stereocenters. The molecule has 28 heavy (non-hydrogen) atoms. The third kappa shape index (κ3) is 5.36. The van der Waals surface area contributed by atoms with Crippen LogP contribution in [-0.4, -0.2) is 37.2 Å². The van der Waals surface area contributed by atoms with E-state index in [0.29, 0.717) is 19.1 Å². The van der Waals surface area contributed by atoms with E-state index in [1.165, 1.54) is 35.0 Å². The number of nitrogens with zero attached hydrogens (tertiary/aromatic N) is 1. The Labute approximate surface area is 166 Å². The van der Waals surface area contributed by atoms with E-state index in [0.717, 1.165) is 19.6 Å². The van der Waals surface area contributed by atoms with Gasteiger partial charge in [-0.25, -0.2) is 0 Å². The van der Waals surface area contributed by atoms with Crippen molar-refractivity contribution in [2.45, 2.75) is 32.4 Å². The van der Waals surface area contributed by atoms with Crippen LogP contribution in [0.3, 0.4) is 0 Å². The van der Waals surface area contributed by atoms with Gasteiger partial charge in [-0.1, -0.05) is 30.3 Å². The number of hydrogen-bond acceptors (Lipinski definition) is 4. The first-order chi connectivity index (χ1) is 13.8. The van der Waals surface area contributed by atoms with Crippen LogP contribution < -0.4 is 10.2 Å². The average molecular weight is 380 g/mol. The first kappa shape index (κ1) is 20.0. The molecule has 1 aromatic heterocycles. The summed E-state index contributed by atoms with van der Waals surface area (Å²) in [5.41, 5.74) is 3.91. The highest BCUT2D eigenvalue weighted by Gasteiger charge is 2.21. The summed E-state index contributed by atoms with van der Waals surface area (Å²) in [4.78, 5) is 15.1. The molecule has 0 saturated carbocycles. The van der Waals surface area contributed by atoms with Gasteiger partial charge in [0.05, 0.1) is 6.61 Å². The molecule has 0 atom stereocenters. The first-order valence-corrected chi connectivity index (χ1v) is 9.95. The van der Waals surface area contributed by atoms with Crippen LogP contribution in [-0.2, 0) is 16.1 Å². The molecule has 0 aliphatic carbocycles. The van der Waals surface area contributed by atoms with E-state index >= 15 is 0 Å². The Morgan fingerprint density at radius 3 is 2.57 bits per heavy atom.